The average molecular weight is 444 g/mol. The molecule has 0 bridgehead atoms. The number of hydrogen-bond acceptors (Lipinski definition) is 3. The van der Waals surface area contributed by atoms with Crippen molar-refractivity contribution in [3.05, 3.63) is 58.1 Å². The van der Waals surface area contributed by atoms with Crippen molar-refractivity contribution in [2.75, 3.05) is 37.4 Å². The van der Waals surface area contributed by atoms with Gasteiger partial charge >= 0.3 is 0 Å². The number of aryl methyl sites for hydroxylation is 1. The molecule has 3 rings (SSSR count). The Kier molecular flexibility index (Phi) is 6.52. The first-order valence-electron chi connectivity index (χ1n) is 9.44. The van der Waals surface area contributed by atoms with Crippen molar-refractivity contribution in [3.63, 3.8) is 0 Å². The molecule has 6 heteroatoms. The second-order valence-electron chi connectivity index (χ2n) is 7.58. The Labute approximate surface area is 174 Å². The summed E-state index contributed by atoms with van der Waals surface area (Å²) in [5, 5.41) is 2.95. The van der Waals surface area contributed by atoms with E-state index in [4.69, 9.17) is 0 Å². The smallest absolute Gasteiger partial charge is 0.229 e. The van der Waals surface area contributed by atoms with E-state index in [0.717, 1.165) is 34.4 Å². The van der Waals surface area contributed by atoms with Gasteiger partial charge in [-0.3, -0.25) is 9.59 Å². The highest BCUT2D eigenvalue weighted by Gasteiger charge is 2.35. The summed E-state index contributed by atoms with van der Waals surface area (Å²) < 4.78 is 1.01. The summed E-state index contributed by atoms with van der Waals surface area (Å²) in [6.45, 7) is 3.38. The molecule has 1 N–H and O–H groups in total. The standard InChI is InChI=1S/C22H26BrN3O2/c1-15-12-19(8-9-20(15)23)26-14-17(13-21(26)27)22(28)24-18-6-4-16(5-7-18)10-11-25(2)3/h4-9,12,17H,10-11,13-14H2,1-3H3,(H,24,28). The van der Waals surface area contributed by atoms with Crippen LogP contribution in [0, 0.1) is 12.8 Å². The van der Waals surface area contributed by atoms with E-state index in [9.17, 15) is 9.59 Å². The molecule has 2 aromatic rings. The normalized spacial score (nSPS) is 16.7. The van der Waals surface area contributed by atoms with Crippen LogP contribution in [0.5, 0.6) is 0 Å². The van der Waals surface area contributed by atoms with Gasteiger partial charge < -0.3 is 15.1 Å². The number of benzene rings is 2. The predicted octanol–water partition coefficient (Wildman–Crippen LogP) is 3.85. The molecule has 0 spiro atoms. The number of anilines is 2. The fourth-order valence-corrected chi connectivity index (χ4v) is 3.53. The predicted molar refractivity (Wildman–Crippen MR) is 117 cm³/mol. The summed E-state index contributed by atoms with van der Waals surface area (Å²) >= 11 is 3.48. The first-order chi connectivity index (χ1) is 13.3. The third-order valence-corrected chi connectivity index (χ3v) is 5.91. The Hall–Kier alpha value is -2.18. The van der Waals surface area contributed by atoms with Gasteiger partial charge in [0.25, 0.3) is 0 Å². The van der Waals surface area contributed by atoms with Crippen molar-refractivity contribution in [2.45, 2.75) is 19.8 Å². The van der Waals surface area contributed by atoms with E-state index in [2.05, 4.69) is 40.2 Å². The van der Waals surface area contributed by atoms with Crippen LogP contribution in [0.25, 0.3) is 0 Å². The molecule has 0 aromatic heterocycles. The van der Waals surface area contributed by atoms with Crippen LogP contribution >= 0.6 is 15.9 Å². The van der Waals surface area contributed by atoms with E-state index in [1.54, 1.807) is 4.90 Å². The first-order valence-corrected chi connectivity index (χ1v) is 10.2. The molecule has 2 aromatic carbocycles. The maximum Gasteiger partial charge on any atom is 0.229 e. The summed E-state index contributed by atoms with van der Waals surface area (Å²) in [7, 11) is 4.10. The highest BCUT2D eigenvalue weighted by Crippen LogP contribution is 2.29. The topological polar surface area (TPSA) is 52.7 Å². The number of amides is 2. The van der Waals surface area contributed by atoms with Gasteiger partial charge in [-0.15, -0.1) is 0 Å². The van der Waals surface area contributed by atoms with Gasteiger partial charge in [0.15, 0.2) is 0 Å². The Bertz CT molecular complexity index is 865. The Morgan fingerprint density at radius 3 is 2.57 bits per heavy atom. The molecular weight excluding hydrogens is 418 g/mol. The largest absolute Gasteiger partial charge is 0.326 e. The van der Waals surface area contributed by atoms with E-state index in [1.807, 2.05) is 49.4 Å². The van der Waals surface area contributed by atoms with Crippen molar-refractivity contribution >= 4 is 39.1 Å². The molecule has 28 heavy (non-hydrogen) atoms. The number of carbonyl (C=O) groups excluding carboxylic acids is 2. The molecule has 1 atom stereocenters. The summed E-state index contributed by atoms with van der Waals surface area (Å²) in [6.07, 6.45) is 1.21. The van der Waals surface area contributed by atoms with E-state index in [1.165, 1.54) is 5.56 Å². The number of likely N-dealkylation sites (N-methyl/N-ethyl adjacent to an activating group) is 1. The lowest BCUT2D eigenvalue weighted by atomic mass is 10.1. The second kappa shape index (κ2) is 8.88. The van der Waals surface area contributed by atoms with E-state index in [0.29, 0.717) is 6.54 Å². The zero-order valence-electron chi connectivity index (χ0n) is 16.5. The molecule has 0 aliphatic carbocycles. The number of halogens is 1. The van der Waals surface area contributed by atoms with Crippen molar-refractivity contribution in [1.29, 1.82) is 0 Å². The molecule has 5 nitrogen and oxygen atoms in total. The van der Waals surface area contributed by atoms with Crippen LogP contribution in [0.15, 0.2) is 46.9 Å². The molecule has 1 unspecified atom stereocenters. The monoisotopic (exact) mass is 443 g/mol. The average Bonchev–Trinajstić information content (AvgIpc) is 3.05. The molecule has 1 heterocycles. The highest BCUT2D eigenvalue weighted by atomic mass is 79.9. The van der Waals surface area contributed by atoms with Crippen LogP contribution in [0.4, 0.5) is 11.4 Å². The van der Waals surface area contributed by atoms with Crippen LogP contribution < -0.4 is 10.2 Å². The van der Waals surface area contributed by atoms with Crippen molar-refractivity contribution in [1.82, 2.24) is 4.90 Å². The van der Waals surface area contributed by atoms with E-state index in [-0.39, 0.29) is 24.2 Å². The van der Waals surface area contributed by atoms with Gasteiger partial charge in [0.2, 0.25) is 11.8 Å². The van der Waals surface area contributed by atoms with E-state index >= 15 is 0 Å². The molecular formula is C22H26BrN3O2. The number of rotatable bonds is 6. The molecule has 0 saturated carbocycles. The SMILES string of the molecule is Cc1cc(N2CC(C(=O)Nc3ccc(CCN(C)C)cc3)CC2=O)ccc1Br. The van der Waals surface area contributed by atoms with Gasteiger partial charge in [-0.1, -0.05) is 28.1 Å². The number of hydrogen-bond donors (Lipinski definition) is 1. The summed E-state index contributed by atoms with van der Waals surface area (Å²) in [5.41, 5.74) is 3.90. The maximum absolute atomic E-state index is 12.7. The molecule has 148 valence electrons. The number of nitrogens with one attached hydrogen (secondary N) is 1. The quantitative estimate of drug-likeness (QED) is 0.737. The summed E-state index contributed by atoms with van der Waals surface area (Å²) in [5.74, 6) is -0.462. The van der Waals surface area contributed by atoms with Gasteiger partial charge in [-0.2, -0.15) is 0 Å². The zero-order chi connectivity index (χ0) is 20.3. The van der Waals surface area contributed by atoms with Gasteiger partial charge in [0.05, 0.1) is 5.92 Å². The molecule has 2 amide bonds. The second-order valence-corrected chi connectivity index (χ2v) is 8.43. The minimum Gasteiger partial charge on any atom is -0.326 e. The lowest BCUT2D eigenvalue weighted by Crippen LogP contribution is -2.28. The van der Waals surface area contributed by atoms with Gasteiger partial charge in [0, 0.05) is 35.4 Å². The molecule has 1 fully saturated rings. The fourth-order valence-electron chi connectivity index (χ4n) is 3.28. The summed E-state index contributed by atoms with van der Waals surface area (Å²) in [6, 6.07) is 13.7. The minimum atomic E-state index is -0.343. The van der Waals surface area contributed by atoms with Crippen LogP contribution in [0.2, 0.25) is 0 Å². The highest BCUT2D eigenvalue weighted by molar-refractivity contribution is 9.10. The van der Waals surface area contributed by atoms with Crippen LogP contribution in [-0.4, -0.2) is 43.9 Å². The molecule has 1 aliphatic rings. The van der Waals surface area contributed by atoms with Crippen LogP contribution in [0.3, 0.4) is 0 Å². The fraction of sp³-hybridized carbons (Fsp3) is 0.364. The molecule has 1 aliphatic heterocycles. The zero-order valence-corrected chi connectivity index (χ0v) is 18.1. The third kappa shape index (κ3) is 5.00. The molecule has 0 radical (unpaired) electrons. The van der Waals surface area contributed by atoms with Gasteiger partial charge in [-0.25, -0.2) is 0 Å². The van der Waals surface area contributed by atoms with Gasteiger partial charge in [-0.05, 0) is 68.9 Å². The van der Waals surface area contributed by atoms with Crippen molar-refractivity contribution in [3.8, 4) is 0 Å². The number of carbonyl (C=O) groups is 2. The number of nitrogens with zero attached hydrogens (tertiary/aromatic N) is 2. The minimum absolute atomic E-state index is 0.0131. The Balaban J connectivity index is 1.60. The van der Waals surface area contributed by atoms with E-state index < -0.39 is 0 Å². The van der Waals surface area contributed by atoms with Crippen LogP contribution in [0.1, 0.15) is 17.5 Å². The van der Waals surface area contributed by atoms with Gasteiger partial charge in [0.1, 0.15) is 0 Å². The first kappa shape index (κ1) is 20.6. The maximum atomic E-state index is 12.7. The summed E-state index contributed by atoms with van der Waals surface area (Å²) in [4.78, 5) is 28.9. The lowest BCUT2D eigenvalue weighted by Gasteiger charge is -2.18. The Morgan fingerprint density at radius 2 is 1.93 bits per heavy atom. The van der Waals surface area contributed by atoms with Crippen molar-refractivity contribution in [2.24, 2.45) is 5.92 Å². The van der Waals surface area contributed by atoms with Crippen LogP contribution in [-0.2, 0) is 16.0 Å². The Morgan fingerprint density at radius 1 is 1.21 bits per heavy atom. The molecule has 1 saturated heterocycles. The lowest BCUT2D eigenvalue weighted by molar-refractivity contribution is -0.122. The van der Waals surface area contributed by atoms with Crippen molar-refractivity contribution < 1.29 is 9.59 Å². The third-order valence-electron chi connectivity index (χ3n) is 5.02.